The van der Waals surface area contributed by atoms with Crippen molar-refractivity contribution in [2.45, 2.75) is 0 Å². The number of benzene rings is 5. The maximum atomic E-state index is 11.4. The number of aldehydes is 1. The summed E-state index contributed by atoms with van der Waals surface area (Å²) < 4.78 is 4.63. The van der Waals surface area contributed by atoms with Crippen molar-refractivity contribution < 1.29 is 4.79 Å². The van der Waals surface area contributed by atoms with Gasteiger partial charge in [-0.15, -0.1) is 0 Å². The molecule has 0 atom stereocenters. The number of nitrogens with zero attached hydrogens (tertiary/aromatic N) is 2. The molecule has 3 nitrogen and oxygen atoms in total. The third kappa shape index (κ3) is 2.61. The summed E-state index contributed by atoms with van der Waals surface area (Å²) in [6.07, 6.45) is 0.911. The molecule has 34 heavy (non-hydrogen) atoms. The summed E-state index contributed by atoms with van der Waals surface area (Å²) in [6.45, 7) is 0. The van der Waals surface area contributed by atoms with Crippen LogP contribution >= 0.6 is 0 Å². The summed E-state index contributed by atoms with van der Waals surface area (Å²) in [5.74, 6) is 0. The lowest BCUT2D eigenvalue weighted by atomic mass is 10.1. The minimum absolute atomic E-state index is 0.689. The zero-order valence-electron chi connectivity index (χ0n) is 18.3. The molecule has 0 amide bonds. The standard InChI is InChI=1S/C31H20N2O/c34-20-21-16-17-31-27(18-21)26-12-3-6-15-30(26)33(31)23-9-7-8-22(19-23)32-28-13-4-1-10-24(28)25-11-2-5-14-29(25)32/h1-20H. The Bertz CT molecular complexity index is 1830. The number of carbonyl (C=O) groups excluding carboxylic acids is 1. The molecule has 7 rings (SSSR count). The highest BCUT2D eigenvalue weighted by Crippen LogP contribution is 2.35. The quantitative estimate of drug-likeness (QED) is 0.261. The van der Waals surface area contributed by atoms with Crippen molar-refractivity contribution in [1.82, 2.24) is 9.13 Å². The molecule has 0 aliphatic heterocycles. The van der Waals surface area contributed by atoms with Gasteiger partial charge in [-0.1, -0.05) is 60.7 Å². The summed E-state index contributed by atoms with van der Waals surface area (Å²) in [4.78, 5) is 11.4. The van der Waals surface area contributed by atoms with Crippen molar-refractivity contribution >= 4 is 49.9 Å². The molecule has 5 aromatic carbocycles. The lowest BCUT2D eigenvalue weighted by molar-refractivity contribution is 0.112. The van der Waals surface area contributed by atoms with E-state index in [1.54, 1.807) is 0 Å². The first kappa shape index (κ1) is 18.9. The Balaban J connectivity index is 1.54. The van der Waals surface area contributed by atoms with Crippen LogP contribution in [0, 0.1) is 0 Å². The van der Waals surface area contributed by atoms with E-state index < -0.39 is 0 Å². The van der Waals surface area contributed by atoms with E-state index in [2.05, 4.69) is 100 Å². The van der Waals surface area contributed by atoms with Crippen LogP contribution in [-0.4, -0.2) is 15.4 Å². The van der Waals surface area contributed by atoms with Gasteiger partial charge in [0.15, 0.2) is 0 Å². The van der Waals surface area contributed by atoms with Crippen LogP contribution in [0.2, 0.25) is 0 Å². The fraction of sp³-hybridized carbons (Fsp3) is 0. The second-order valence-corrected chi connectivity index (χ2v) is 8.64. The van der Waals surface area contributed by atoms with Gasteiger partial charge in [0.1, 0.15) is 6.29 Å². The Morgan fingerprint density at radius 2 is 0.912 bits per heavy atom. The summed E-state index contributed by atoms with van der Waals surface area (Å²) in [7, 11) is 0. The summed E-state index contributed by atoms with van der Waals surface area (Å²) in [5.41, 5.74) is 7.49. The van der Waals surface area contributed by atoms with E-state index in [1.807, 2.05) is 24.3 Å². The fourth-order valence-corrected chi connectivity index (χ4v) is 5.31. The van der Waals surface area contributed by atoms with Crippen LogP contribution in [0.1, 0.15) is 10.4 Å². The molecule has 0 N–H and O–H groups in total. The zero-order chi connectivity index (χ0) is 22.6. The number of hydrogen-bond acceptors (Lipinski definition) is 1. The average molecular weight is 437 g/mol. The molecule has 7 aromatic rings. The minimum atomic E-state index is 0.689. The first-order valence-corrected chi connectivity index (χ1v) is 11.4. The van der Waals surface area contributed by atoms with Gasteiger partial charge in [0, 0.05) is 38.5 Å². The van der Waals surface area contributed by atoms with Gasteiger partial charge >= 0.3 is 0 Å². The predicted octanol–water partition coefficient (Wildman–Crippen LogP) is 7.69. The number of fused-ring (bicyclic) bond motifs is 6. The fourth-order valence-electron chi connectivity index (χ4n) is 5.31. The van der Waals surface area contributed by atoms with Crippen molar-refractivity contribution in [2.24, 2.45) is 0 Å². The molecule has 0 radical (unpaired) electrons. The molecule has 0 unspecified atom stereocenters. The monoisotopic (exact) mass is 436 g/mol. The second kappa shape index (κ2) is 7.19. The third-order valence-electron chi connectivity index (χ3n) is 6.76. The Labute approximate surface area is 196 Å². The molecule has 0 saturated carbocycles. The van der Waals surface area contributed by atoms with Crippen molar-refractivity contribution in [1.29, 1.82) is 0 Å². The van der Waals surface area contributed by atoms with Crippen LogP contribution in [0.15, 0.2) is 115 Å². The first-order valence-electron chi connectivity index (χ1n) is 11.4. The predicted molar refractivity (Wildman–Crippen MR) is 141 cm³/mol. The van der Waals surface area contributed by atoms with Crippen molar-refractivity contribution in [3.63, 3.8) is 0 Å². The van der Waals surface area contributed by atoms with Gasteiger partial charge in [-0.25, -0.2) is 0 Å². The van der Waals surface area contributed by atoms with Crippen molar-refractivity contribution in [3.8, 4) is 11.4 Å². The molecule has 2 aromatic heterocycles. The van der Waals surface area contributed by atoms with Gasteiger partial charge in [-0.3, -0.25) is 4.79 Å². The Hall–Kier alpha value is -4.63. The summed E-state index contributed by atoms with van der Waals surface area (Å²) in [6, 6.07) is 40.1. The van der Waals surface area contributed by atoms with Crippen LogP contribution in [0.25, 0.3) is 55.0 Å². The number of rotatable bonds is 3. The summed E-state index contributed by atoms with van der Waals surface area (Å²) in [5, 5.41) is 4.73. The molecule has 0 aliphatic rings. The van der Waals surface area contributed by atoms with Gasteiger partial charge < -0.3 is 9.13 Å². The number of hydrogen-bond donors (Lipinski definition) is 0. The molecule has 0 saturated heterocycles. The van der Waals surface area contributed by atoms with Gasteiger partial charge in [0.05, 0.1) is 22.1 Å². The molecule has 0 aliphatic carbocycles. The SMILES string of the molecule is O=Cc1ccc2c(c1)c1ccccc1n2-c1cccc(-n2c3ccccc3c3ccccc32)c1. The molecule has 0 bridgehead atoms. The maximum absolute atomic E-state index is 11.4. The highest BCUT2D eigenvalue weighted by molar-refractivity contribution is 6.11. The molecular formula is C31H20N2O. The van der Waals surface area contributed by atoms with E-state index in [1.165, 1.54) is 21.8 Å². The van der Waals surface area contributed by atoms with Crippen LogP contribution in [0.3, 0.4) is 0 Å². The van der Waals surface area contributed by atoms with Gasteiger partial charge in [0.25, 0.3) is 0 Å². The largest absolute Gasteiger partial charge is 0.309 e. The zero-order valence-corrected chi connectivity index (χ0v) is 18.3. The van der Waals surface area contributed by atoms with E-state index in [-0.39, 0.29) is 0 Å². The number of para-hydroxylation sites is 3. The molecule has 2 heterocycles. The van der Waals surface area contributed by atoms with Crippen LogP contribution in [0.5, 0.6) is 0 Å². The second-order valence-electron chi connectivity index (χ2n) is 8.64. The Morgan fingerprint density at radius 3 is 1.44 bits per heavy atom. The van der Waals surface area contributed by atoms with Crippen molar-refractivity contribution in [3.05, 3.63) is 121 Å². The molecular weight excluding hydrogens is 416 g/mol. The molecule has 160 valence electrons. The van der Waals surface area contributed by atoms with Gasteiger partial charge in [0.2, 0.25) is 0 Å². The van der Waals surface area contributed by atoms with E-state index in [0.29, 0.717) is 5.56 Å². The van der Waals surface area contributed by atoms with Gasteiger partial charge in [-0.2, -0.15) is 0 Å². The maximum Gasteiger partial charge on any atom is 0.150 e. The van der Waals surface area contributed by atoms with E-state index in [9.17, 15) is 4.79 Å². The van der Waals surface area contributed by atoms with Crippen molar-refractivity contribution in [2.75, 3.05) is 0 Å². The van der Waals surface area contributed by atoms with Gasteiger partial charge in [-0.05, 0) is 54.6 Å². The van der Waals surface area contributed by atoms with E-state index in [4.69, 9.17) is 0 Å². The highest BCUT2D eigenvalue weighted by Gasteiger charge is 2.15. The van der Waals surface area contributed by atoms with E-state index in [0.717, 1.165) is 39.5 Å². The Morgan fingerprint density at radius 1 is 0.441 bits per heavy atom. The molecule has 0 fully saturated rings. The highest BCUT2D eigenvalue weighted by atomic mass is 16.1. The lowest BCUT2D eigenvalue weighted by Gasteiger charge is -2.12. The molecule has 0 spiro atoms. The van der Waals surface area contributed by atoms with Crippen LogP contribution < -0.4 is 0 Å². The van der Waals surface area contributed by atoms with Crippen LogP contribution in [-0.2, 0) is 0 Å². The van der Waals surface area contributed by atoms with E-state index >= 15 is 0 Å². The Kier molecular flexibility index (Phi) is 4.00. The average Bonchev–Trinajstić information content (AvgIpc) is 3.41. The first-order chi connectivity index (χ1) is 16.8. The normalized spacial score (nSPS) is 11.6. The number of carbonyl (C=O) groups is 1. The smallest absolute Gasteiger partial charge is 0.150 e. The van der Waals surface area contributed by atoms with Crippen LogP contribution in [0.4, 0.5) is 0 Å². The number of aromatic nitrogens is 2. The third-order valence-corrected chi connectivity index (χ3v) is 6.76. The minimum Gasteiger partial charge on any atom is -0.309 e. The summed E-state index contributed by atoms with van der Waals surface area (Å²) >= 11 is 0. The lowest BCUT2D eigenvalue weighted by Crippen LogP contribution is -1.98. The topological polar surface area (TPSA) is 26.9 Å². The molecule has 3 heteroatoms.